The van der Waals surface area contributed by atoms with E-state index in [9.17, 15) is 13.6 Å². The van der Waals surface area contributed by atoms with Gasteiger partial charge in [0.05, 0.1) is 6.04 Å². The smallest absolute Gasteiger partial charge is 0.321 e. The van der Waals surface area contributed by atoms with E-state index in [4.69, 9.17) is 4.84 Å². The number of hydrogen-bond acceptors (Lipinski definition) is 5. The lowest BCUT2D eigenvalue weighted by Gasteiger charge is -2.09. The number of hydrogen-bond donors (Lipinski definition) is 2. The maximum atomic E-state index is 13.6. The van der Waals surface area contributed by atoms with Gasteiger partial charge in [-0.3, -0.25) is 10.6 Å². The van der Waals surface area contributed by atoms with Crippen molar-refractivity contribution in [2.75, 3.05) is 5.32 Å². The number of carbonyl (C=O) groups excluding carboxylic acids is 1. The predicted molar refractivity (Wildman–Crippen MR) is 95.6 cm³/mol. The van der Waals surface area contributed by atoms with Crippen molar-refractivity contribution in [2.24, 2.45) is 10.4 Å². The molecule has 0 aliphatic rings. The van der Waals surface area contributed by atoms with Gasteiger partial charge in [0.1, 0.15) is 17.5 Å². The third-order valence-electron chi connectivity index (χ3n) is 3.32. The maximum Gasteiger partial charge on any atom is 0.327 e. The fourth-order valence-corrected chi connectivity index (χ4v) is 2.04. The molecule has 1 unspecified atom stereocenters. The molecule has 0 fully saturated rings. The number of nitrogens with zero attached hydrogens (tertiary/aromatic N) is 3. The SMILES string of the molecule is C/C=C(/NC(=O)Nc1ccccn1)ON=NC(C)Cc1ccc(F)cc1F. The van der Waals surface area contributed by atoms with E-state index in [1.165, 1.54) is 18.2 Å². The van der Waals surface area contributed by atoms with E-state index in [1.807, 2.05) is 0 Å². The summed E-state index contributed by atoms with van der Waals surface area (Å²) < 4.78 is 26.5. The zero-order valence-electron chi connectivity index (χ0n) is 14.8. The summed E-state index contributed by atoms with van der Waals surface area (Å²) in [5.41, 5.74) is 0.321. The number of urea groups is 1. The van der Waals surface area contributed by atoms with Crippen molar-refractivity contribution < 1.29 is 18.4 Å². The maximum absolute atomic E-state index is 13.6. The van der Waals surface area contributed by atoms with Crippen LogP contribution in [0, 0.1) is 11.6 Å². The number of nitrogens with one attached hydrogen (secondary N) is 2. The van der Waals surface area contributed by atoms with Gasteiger partial charge >= 0.3 is 6.03 Å². The first kappa shape index (κ1) is 20.0. The van der Waals surface area contributed by atoms with Gasteiger partial charge < -0.3 is 4.84 Å². The number of anilines is 1. The van der Waals surface area contributed by atoms with Crippen LogP contribution in [0.15, 0.2) is 64.9 Å². The molecule has 2 rings (SSSR count). The minimum Gasteiger partial charge on any atom is -0.321 e. The van der Waals surface area contributed by atoms with Crippen molar-refractivity contribution in [1.29, 1.82) is 0 Å². The third kappa shape index (κ3) is 6.81. The van der Waals surface area contributed by atoms with Crippen LogP contribution in [0.5, 0.6) is 0 Å². The van der Waals surface area contributed by atoms with E-state index in [2.05, 4.69) is 26.0 Å². The highest BCUT2D eigenvalue weighted by atomic mass is 19.1. The molecule has 1 aromatic heterocycles. The number of pyridine rings is 1. The van der Waals surface area contributed by atoms with Crippen LogP contribution >= 0.6 is 0 Å². The first-order chi connectivity index (χ1) is 13.0. The van der Waals surface area contributed by atoms with Gasteiger partial charge in [0, 0.05) is 17.5 Å². The van der Waals surface area contributed by atoms with E-state index < -0.39 is 23.7 Å². The van der Waals surface area contributed by atoms with Crippen LogP contribution in [0.1, 0.15) is 19.4 Å². The number of rotatable bonds is 7. The van der Waals surface area contributed by atoms with Crippen molar-refractivity contribution in [3.8, 4) is 0 Å². The van der Waals surface area contributed by atoms with Crippen LogP contribution in [0.2, 0.25) is 0 Å². The Hall–Kier alpha value is -3.36. The van der Waals surface area contributed by atoms with Crippen LogP contribution in [-0.4, -0.2) is 17.1 Å². The Kier molecular flexibility index (Phi) is 7.36. The Balaban J connectivity index is 1.82. The first-order valence-corrected chi connectivity index (χ1v) is 8.14. The molecule has 2 amide bonds. The molecule has 1 heterocycles. The Morgan fingerprint density at radius 1 is 1.33 bits per heavy atom. The first-order valence-electron chi connectivity index (χ1n) is 8.14. The summed E-state index contributed by atoms with van der Waals surface area (Å²) >= 11 is 0. The number of allylic oxidation sites excluding steroid dienone is 1. The van der Waals surface area contributed by atoms with E-state index in [0.717, 1.165) is 6.07 Å². The summed E-state index contributed by atoms with van der Waals surface area (Å²) in [5, 5.41) is 12.4. The number of benzene rings is 1. The lowest BCUT2D eigenvalue weighted by Crippen LogP contribution is -2.29. The van der Waals surface area contributed by atoms with Gasteiger partial charge in [-0.15, -0.1) is 5.11 Å². The lowest BCUT2D eigenvalue weighted by molar-refractivity contribution is 0.175. The topological polar surface area (TPSA) is 88.0 Å². The zero-order chi connectivity index (χ0) is 19.6. The molecule has 27 heavy (non-hydrogen) atoms. The van der Waals surface area contributed by atoms with Crippen molar-refractivity contribution >= 4 is 11.8 Å². The zero-order valence-corrected chi connectivity index (χ0v) is 14.8. The van der Waals surface area contributed by atoms with Crippen LogP contribution in [0.25, 0.3) is 0 Å². The van der Waals surface area contributed by atoms with Crippen molar-refractivity contribution in [2.45, 2.75) is 26.3 Å². The Morgan fingerprint density at radius 2 is 2.15 bits per heavy atom. The van der Waals surface area contributed by atoms with Crippen molar-refractivity contribution in [1.82, 2.24) is 10.3 Å². The standard InChI is InChI=1S/C18H19F2N5O2/c1-3-17(23-18(26)22-16-6-4-5-9-21-16)27-25-24-12(2)10-13-7-8-14(19)11-15(13)20/h3-9,11-12H,10H2,1-2H3,(H2,21,22,23,26)/b17-3-,25-24?. The van der Waals surface area contributed by atoms with Gasteiger partial charge in [-0.05, 0) is 50.1 Å². The fourth-order valence-electron chi connectivity index (χ4n) is 2.04. The van der Waals surface area contributed by atoms with Crippen molar-refractivity contribution in [3.05, 3.63) is 71.8 Å². The lowest BCUT2D eigenvalue weighted by atomic mass is 10.1. The second-order valence-electron chi connectivity index (χ2n) is 5.52. The molecular formula is C18H19F2N5O2. The molecule has 0 aliphatic heterocycles. The summed E-state index contributed by atoms with van der Waals surface area (Å²) in [6, 6.07) is 7.48. The van der Waals surface area contributed by atoms with E-state index >= 15 is 0 Å². The molecule has 2 aromatic rings. The summed E-state index contributed by atoms with van der Waals surface area (Å²) in [7, 11) is 0. The molecule has 1 atom stereocenters. The molecule has 7 nitrogen and oxygen atoms in total. The Morgan fingerprint density at radius 3 is 2.81 bits per heavy atom. The third-order valence-corrected chi connectivity index (χ3v) is 3.32. The highest BCUT2D eigenvalue weighted by molar-refractivity contribution is 5.89. The fraction of sp³-hybridized carbons (Fsp3) is 0.222. The second-order valence-corrected chi connectivity index (χ2v) is 5.52. The molecular weight excluding hydrogens is 356 g/mol. The summed E-state index contributed by atoms with van der Waals surface area (Å²) in [5.74, 6) is -0.837. The molecule has 1 aromatic carbocycles. The largest absolute Gasteiger partial charge is 0.327 e. The predicted octanol–water partition coefficient (Wildman–Crippen LogP) is 4.36. The Labute approximate surface area is 155 Å². The number of amides is 2. The minimum atomic E-state index is -0.639. The van der Waals surface area contributed by atoms with E-state index in [0.29, 0.717) is 11.4 Å². The van der Waals surface area contributed by atoms with Crippen LogP contribution < -0.4 is 10.6 Å². The monoisotopic (exact) mass is 375 g/mol. The molecule has 0 aliphatic carbocycles. The molecule has 0 spiro atoms. The van der Waals surface area contributed by atoms with Crippen LogP contribution in [0.4, 0.5) is 19.4 Å². The van der Waals surface area contributed by atoms with E-state index in [-0.39, 0.29) is 12.3 Å². The second kappa shape index (κ2) is 9.95. The normalized spacial score (nSPS) is 12.7. The van der Waals surface area contributed by atoms with Crippen LogP contribution in [-0.2, 0) is 11.3 Å². The summed E-state index contributed by atoms with van der Waals surface area (Å²) in [6.45, 7) is 3.34. The number of halogens is 2. The minimum absolute atomic E-state index is 0.0624. The van der Waals surface area contributed by atoms with Crippen LogP contribution in [0.3, 0.4) is 0 Å². The quantitative estimate of drug-likeness (QED) is 0.428. The van der Waals surface area contributed by atoms with Gasteiger partial charge in [0.25, 0.3) is 0 Å². The molecule has 0 saturated carbocycles. The average molecular weight is 375 g/mol. The molecule has 0 bridgehead atoms. The highest BCUT2D eigenvalue weighted by Crippen LogP contribution is 2.13. The Bertz CT molecular complexity index is 828. The van der Waals surface area contributed by atoms with Crippen molar-refractivity contribution in [3.63, 3.8) is 0 Å². The van der Waals surface area contributed by atoms with Gasteiger partial charge in [-0.1, -0.05) is 12.1 Å². The number of aromatic nitrogens is 1. The summed E-state index contributed by atoms with van der Waals surface area (Å²) in [4.78, 5) is 20.8. The molecule has 2 N–H and O–H groups in total. The van der Waals surface area contributed by atoms with Gasteiger partial charge in [0.15, 0.2) is 0 Å². The molecule has 0 saturated heterocycles. The molecule has 0 radical (unpaired) electrons. The number of carbonyl (C=O) groups is 1. The highest BCUT2D eigenvalue weighted by Gasteiger charge is 2.09. The molecule has 142 valence electrons. The van der Waals surface area contributed by atoms with Gasteiger partial charge in [0.2, 0.25) is 5.88 Å². The van der Waals surface area contributed by atoms with E-state index in [1.54, 1.807) is 38.2 Å². The van der Waals surface area contributed by atoms with Gasteiger partial charge in [-0.25, -0.2) is 18.6 Å². The summed E-state index contributed by atoms with van der Waals surface area (Å²) in [6.07, 6.45) is 3.25. The van der Waals surface area contributed by atoms with Gasteiger partial charge in [-0.2, -0.15) is 0 Å². The molecule has 9 heteroatoms. The average Bonchev–Trinajstić information content (AvgIpc) is 2.64.